The smallest absolute Gasteiger partial charge is 0.267 e. The summed E-state index contributed by atoms with van der Waals surface area (Å²) in [6, 6.07) is 12.4. The molecule has 0 bridgehead atoms. The largest absolute Gasteiger partial charge is 0.277 e. The summed E-state index contributed by atoms with van der Waals surface area (Å²) in [5.74, 6) is 0. The van der Waals surface area contributed by atoms with E-state index in [0.29, 0.717) is 0 Å². The van der Waals surface area contributed by atoms with Gasteiger partial charge in [-0.1, -0.05) is 44.9 Å². The maximum absolute atomic E-state index is 14.1. The number of benzene rings is 1. The van der Waals surface area contributed by atoms with Crippen LogP contribution in [0, 0.1) is 0 Å². The first kappa shape index (κ1) is 21.0. The van der Waals surface area contributed by atoms with Gasteiger partial charge >= 0.3 is 0 Å². The van der Waals surface area contributed by atoms with Crippen LogP contribution in [0.15, 0.2) is 47.4 Å². The summed E-state index contributed by atoms with van der Waals surface area (Å²) < 4.78 is 4.21. The maximum Gasteiger partial charge on any atom is 0.277 e. The summed E-state index contributed by atoms with van der Waals surface area (Å²) >= 11 is 0. The fraction of sp³-hybridized carbons (Fsp3) is 0.429. The Kier molecular flexibility index (Phi) is 5.86. The summed E-state index contributed by atoms with van der Waals surface area (Å²) in [5.41, 5.74) is 6.20. The van der Waals surface area contributed by atoms with Crippen LogP contribution in [-0.2, 0) is 25.7 Å². The Balaban J connectivity index is 1.91. The molecule has 0 amide bonds. The standard InChI is InChI=1S/C28H33N3O/c1-3-5-12-21-20-13-7-8-15-24(20)28(32)31(26(21)17-6-4-2)30-25-18-10-9-14-22(25)23-16-11-19-29-27(23)30/h7-8,11,13,15-16,19H,3-6,9-10,12,14,17-18H2,1-2H3. The predicted molar refractivity (Wildman–Crippen MR) is 133 cm³/mol. The molecule has 4 aromatic rings. The van der Waals surface area contributed by atoms with Crippen molar-refractivity contribution in [3.63, 3.8) is 0 Å². The molecule has 0 radical (unpaired) electrons. The van der Waals surface area contributed by atoms with Crippen LogP contribution in [-0.4, -0.2) is 14.3 Å². The Hall–Kier alpha value is -2.88. The summed E-state index contributed by atoms with van der Waals surface area (Å²) in [7, 11) is 0. The van der Waals surface area contributed by atoms with E-state index in [1.54, 1.807) is 0 Å². The molecular weight excluding hydrogens is 394 g/mol. The van der Waals surface area contributed by atoms with Crippen LogP contribution >= 0.6 is 0 Å². The minimum absolute atomic E-state index is 0.0860. The Bertz CT molecular complexity index is 1330. The lowest BCUT2D eigenvalue weighted by Gasteiger charge is -2.24. The van der Waals surface area contributed by atoms with Crippen molar-refractivity contribution in [2.45, 2.75) is 78.1 Å². The van der Waals surface area contributed by atoms with E-state index < -0.39 is 0 Å². The minimum Gasteiger partial charge on any atom is -0.267 e. The molecule has 0 aliphatic heterocycles. The highest BCUT2D eigenvalue weighted by molar-refractivity contribution is 5.86. The highest BCUT2D eigenvalue weighted by Gasteiger charge is 2.25. The van der Waals surface area contributed by atoms with Crippen molar-refractivity contribution >= 4 is 21.8 Å². The van der Waals surface area contributed by atoms with Crippen molar-refractivity contribution in [2.24, 2.45) is 0 Å². The van der Waals surface area contributed by atoms with Gasteiger partial charge in [0.25, 0.3) is 5.56 Å². The quantitative estimate of drug-likeness (QED) is 0.351. The van der Waals surface area contributed by atoms with Gasteiger partial charge in [0.05, 0.1) is 0 Å². The van der Waals surface area contributed by atoms with Crippen molar-refractivity contribution in [2.75, 3.05) is 0 Å². The first-order chi connectivity index (χ1) is 15.8. The van der Waals surface area contributed by atoms with E-state index in [4.69, 9.17) is 4.98 Å². The lowest BCUT2D eigenvalue weighted by atomic mass is 9.96. The van der Waals surface area contributed by atoms with Crippen molar-refractivity contribution < 1.29 is 0 Å². The number of aromatic nitrogens is 3. The van der Waals surface area contributed by atoms with E-state index in [1.165, 1.54) is 40.7 Å². The van der Waals surface area contributed by atoms with Gasteiger partial charge in [-0.2, -0.15) is 0 Å². The number of hydrogen-bond acceptors (Lipinski definition) is 2. The van der Waals surface area contributed by atoms with Crippen molar-refractivity contribution in [1.82, 2.24) is 14.3 Å². The molecule has 4 heteroatoms. The second-order valence-electron chi connectivity index (χ2n) is 9.11. The number of hydrogen-bond donors (Lipinski definition) is 0. The van der Waals surface area contributed by atoms with Gasteiger partial charge in [0.15, 0.2) is 5.65 Å². The Morgan fingerprint density at radius 3 is 2.38 bits per heavy atom. The Morgan fingerprint density at radius 2 is 1.56 bits per heavy atom. The van der Waals surface area contributed by atoms with Crippen LogP contribution < -0.4 is 5.56 Å². The van der Waals surface area contributed by atoms with Crippen LogP contribution in [0.5, 0.6) is 0 Å². The topological polar surface area (TPSA) is 39.8 Å². The van der Waals surface area contributed by atoms with Crippen LogP contribution in [0.4, 0.5) is 0 Å². The van der Waals surface area contributed by atoms with E-state index in [1.807, 2.05) is 29.1 Å². The molecular formula is C28H33N3O. The molecule has 166 valence electrons. The van der Waals surface area contributed by atoms with E-state index in [0.717, 1.165) is 67.8 Å². The number of unbranched alkanes of at least 4 members (excludes halogenated alkanes) is 2. The number of aryl methyl sites for hydroxylation is 2. The summed E-state index contributed by atoms with van der Waals surface area (Å²) in [5, 5.41) is 3.16. The Morgan fingerprint density at radius 1 is 0.844 bits per heavy atom. The van der Waals surface area contributed by atoms with Crippen molar-refractivity contribution in [3.05, 3.63) is 75.5 Å². The fourth-order valence-electron chi connectivity index (χ4n) is 5.46. The van der Waals surface area contributed by atoms with Gasteiger partial charge in [-0.25, -0.2) is 14.3 Å². The summed E-state index contributed by atoms with van der Waals surface area (Å²) in [4.78, 5) is 18.9. The highest BCUT2D eigenvalue weighted by Crippen LogP contribution is 2.32. The molecule has 32 heavy (non-hydrogen) atoms. The van der Waals surface area contributed by atoms with Crippen molar-refractivity contribution in [1.29, 1.82) is 0 Å². The van der Waals surface area contributed by atoms with E-state index in [-0.39, 0.29) is 5.56 Å². The third kappa shape index (κ3) is 3.37. The second-order valence-corrected chi connectivity index (χ2v) is 9.11. The number of rotatable bonds is 7. The van der Waals surface area contributed by atoms with Gasteiger partial charge < -0.3 is 0 Å². The van der Waals surface area contributed by atoms with Crippen molar-refractivity contribution in [3.8, 4) is 0 Å². The number of pyridine rings is 2. The molecule has 5 rings (SSSR count). The van der Waals surface area contributed by atoms with Gasteiger partial charge in [0.1, 0.15) is 0 Å². The van der Waals surface area contributed by atoms with E-state index >= 15 is 0 Å². The normalized spacial score (nSPS) is 13.7. The molecule has 0 atom stereocenters. The zero-order valence-electron chi connectivity index (χ0n) is 19.4. The monoisotopic (exact) mass is 427 g/mol. The lowest BCUT2D eigenvalue weighted by molar-refractivity contribution is 0.544. The molecule has 1 aliphatic rings. The van der Waals surface area contributed by atoms with Crippen LogP contribution in [0.25, 0.3) is 21.8 Å². The zero-order valence-corrected chi connectivity index (χ0v) is 19.4. The molecule has 0 fully saturated rings. The van der Waals surface area contributed by atoms with Gasteiger partial charge in [-0.3, -0.25) is 4.79 Å². The average molecular weight is 428 g/mol. The fourth-order valence-corrected chi connectivity index (χ4v) is 5.46. The lowest BCUT2D eigenvalue weighted by Crippen LogP contribution is -2.32. The molecule has 0 spiro atoms. The molecule has 0 N–H and O–H groups in total. The Labute approximate surface area is 189 Å². The zero-order chi connectivity index (χ0) is 22.1. The van der Waals surface area contributed by atoms with Crippen LogP contribution in [0.2, 0.25) is 0 Å². The summed E-state index contributed by atoms with van der Waals surface area (Å²) in [6.45, 7) is 4.47. The number of nitrogens with zero attached hydrogens (tertiary/aromatic N) is 3. The average Bonchev–Trinajstić information content (AvgIpc) is 3.17. The van der Waals surface area contributed by atoms with E-state index in [9.17, 15) is 4.79 Å². The molecule has 4 nitrogen and oxygen atoms in total. The SMILES string of the molecule is CCCCc1c(CCCC)n(-n2c3c(c4cccnc42)CCCC3)c(=O)c2ccccc12. The molecule has 1 aromatic carbocycles. The first-order valence-corrected chi connectivity index (χ1v) is 12.4. The van der Waals surface area contributed by atoms with E-state index in [2.05, 4.69) is 36.7 Å². The molecule has 0 saturated heterocycles. The van der Waals surface area contributed by atoms with Gasteiger partial charge in [-0.05, 0) is 86.1 Å². The third-order valence-corrected chi connectivity index (χ3v) is 7.03. The molecule has 1 aliphatic carbocycles. The van der Waals surface area contributed by atoms with Crippen LogP contribution in [0.3, 0.4) is 0 Å². The predicted octanol–water partition coefficient (Wildman–Crippen LogP) is 6.23. The molecule has 0 unspecified atom stereocenters. The molecule has 3 heterocycles. The maximum atomic E-state index is 14.1. The molecule has 3 aromatic heterocycles. The van der Waals surface area contributed by atoms with Gasteiger partial charge in [0.2, 0.25) is 0 Å². The van der Waals surface area contributed by atoms with Gasteiger partial charge in [-0.15, -0.1) is 0 Å². The highest BCUT2D eigenvalue weighted by atomic mass is 16.1. The first-order valence-electron chi connectivity index (χ1n) is 12.4. The summed E-state index contributed by atoms with van der Waals surface area (Å²) in [6.07, 6.45) is 12.7. The number of fused-ring (bicyclic) bond motifs is 4. The minimum atomic E-state index is 0.0860. The van der Waals surface area contributed by atoms with Gasteiger partial charge in [0, 0.05) is 28.4 Å². The van der Waals surface area contributed by atoms with Crippen LogP contribution in [0.1, 0.15) is 74.9 Å². The third-order valence-electron chi connectivity index (χ3n) is 7.03. The second kappa shape index (κ2) is 8.93. The molecule has 0 saturated carbocycles.